The van der Waals surface area contributed by atoms with Gasteiger partial charge < -0.3 is 4.74 Å². The number of ether oxygens (including phenoxy) is 1. The molecule has 0 radical (unpaired) electrons. The Hall–Kier alpha value is -3.08. The van der Waals surface area contributed by atoms with Gasteiger partial charge in [0.1, 0.15) is 12.6 Å². The van der Waals surface area contributed by atoms with Crippen molar-refractivity contribution in [2.45, 2.75) is 25.5 Å². The van der Waals surface area contributed by atoms with E-state index in [0.29, 0.717) is 13.0 Å². The van der Waals surface area contributed by atoms with Crippen LogP contribution in [0.15, 0.2) is 66.9 Å². The van der Waals surface area contributed by atoms with Crippen LogP contribution in [0.4, 0.5) is 4.79 Å². The lowest BCUT2D eigenvalue weighted by molar-refractivity contribution is 0.0679. The van der Waals surface area contributed by atoms with E-state index in [1.165, 1.54) is 0 Å². The molecule has 0 N–H and O–H groups in total. The van der Waals surface area contributed by atoms with E-state index in [9.17, 15) is 9.59 Å². The summed E-state index contributed by atoms with van der Waals surface area (Å²) in [5, 5.41) is 1.01. The minimum atomic E-state index is -0.478. The molecule has 5 nitrogen and oxygen atoms in total. The first-order valence-electron chi connectivity index (χ1n) is 8.82. The number of amides is 1. The minimum Gasteiger partial charge on any atom is -0.445 e. The lowest BCUT2D eigenvalue weighted by Crippen LogP contribution is -2.42. The molecular formula is C21H20N2O3. The average Bonchev–Trinajstić information content (AvgIpc) is 3.33. The number of hydrogen-bond donors (Lipinski definition) is 0. The summed E-state index contributed by atoms with van der Waals surface area (Å²) in [4.78, 5) is 27.1. The number of aromatic nitrogens is 1. The van der Waals surface area contributed by atoms with Crippen molar-refractivity contribution in [3.05, 3.63) is 72.4 Å². The molecule has 1 fully saturated rings. The van der Waals surface area contributed by atoms with Gasteiger partial charge in [0, 0.05) is 18.1 Å². The van der Waals surface area contributed by atoms with Gasteiger partial charge in [-0.15, -0.1) is 0 Å². The van der Waals surface area contributed by atoms with Gasteiger partial charge in [-0.2, -0.15) is 0 Å². The zero-order valence-electron chi connectivity index (χ0n) is 14.4. The molecule has 0 spiro atoms. The van der Waals surface area contributed by atoms with E-state index in [4.69, 9.17) is 4.74 Å². The molecule has 0 unspecified atom stereocenters. The van der Waals surface area contributed by atoms with Crippen LogP contribution in [-0.4, -0.2) is 34.1 Å². The Morgan fingerprint density at radius 1 is 1.00 bits per heavy atom. The van der Waals surface area contributed by atoms with Gasteiger partial charge in [0.25, 0.3) is 5.91 Å². The SMILES string of the molecule is O=C(OCc1ccccc1)N1CCC[C@@H]1C(=O)n1ccc2ccccc21. The van der Waals surface area contributed by atoms with Gasteiger partial charge in [-0.1, -0.05) is 48.5 Å². The molecule has 1 aliphatic heterocycles. The lowest BCUT2D eigenvalue weighted by Gasteiger charge is -2.23. The third-order valence-corrected chi connectivity index (χ3v) is 4.81. The zero-order chi connectivity index (χ0) is 17.9. The highest BCUT2D eigenvalue weighted by molar-refractivity contribution is 5.96. The molecule has 2 aromatic carbocycles. The Kier molecular flexibility index (Phi) is 4.44. The predicted octanol–water partition coefficient (Wildman–Crippen LogP) is 4.08. The molecular weight excluding hydrogens is 328 g/mol. The number of hydrogen-bond acceptors (Lipinski definition) is 3. The Morgan fingerprint density at radius 3 is 2.62 bits per heavy atom. The van der Waals surface area contributed by atoms with Crippen LogP contribution in [0.1, 0.15) is 23.2 Å². The summed E-state index contributed by atoms with van der Waals surface area (Å²) >= 11 is 0. The van der Waals surface area contributed by atoms with E-state index in [2.05, 4.69) is 0 Å². The van der Waals surface area contributed by atoms with Crippen LogP contribution in [0, 0.1) is 0 Å². The highest BCUT2D eigenvalue weighted by atomic mass is 16.6. The smallest absolute Gasteiger partial charge is 0.410 e. The second-order valence-electron chi connectivity index (χ2n) is 6.47. The minimum absolute atomic E-state index is 0.0830. The molecule has 5 heteroatoms. The van der Waals surface area contributed by atoms with Crippen LogP contribution in [0.3, 0.4) is 0 Å². The van der Waals surface area contributed by atoms with Crippen molar-refractivity contribution in [1.29, 1.82) is 0 Å². The topological polar surface area (TPSA) is 51.5 Å². The lowest BCUT2D eigenvalue weighted by atomic mass is 10.2. The van der Waals surface area contributed by atoms with Crippen molar-refractivity contribution in [1.82, 2.24) is 9.47 Å². The van der Waals surface area contributed by atoms with Crippen LogP contribution in [0.5, 0.6) is 0 Å². The van der Waals surface area contributed by atoms with Crippen molar-refractivity contribution in [2.24, 2.45) is 0 Å². The maximum atomic E-state index is 13.0. The molecule has 26 heavy (non-hydrogen) atoms. The third-order valence-electron chi connectivity index (χ3n) is 4.81. The van der Waals surface area contributed by atoms with Gasteiger partial charge in [-0.05, 0) is 30.5 Å². The average molecular weight is 348 g/mol. The van der Waals surface area contributed by atoms with E-state index >= 15 is 0 Å². The van der Waals surface area contributed by atoms with Gasteiger partial charge in [-0.3, -0.25) is 14.3 Å². The molecule has 1 aliphatic rings. The molecule has 0 bridgehead atoms. The van der Waals surface area contributed by atoms with Gasteiger partial charge in [0.2, 0.25) is 0 Å². The first kappa shape index (κ1) is 16.4. The van der Waals surface area contributed by atoms with E-state index in [1.807, 2.05) is 60.7 Å². The highest BCUT2D eigenvalue weighted by Gasteiger charge is 2.36. The summed E-state index contributed by atoms with van der Waals surface area (Å²) in [6, 6.07) is 18.7. The fourth-order valence-electron chi connectivity index (χ4n) is 3.48. The van der Waals surface area contributed by atoms with Crippen LogP contribution in [0.2, 0.25) is 0 Å². The quantitative estimate of drug-likeness (QED) is 0.716. The van der Waals surface area contributed by atoms with E-state index in [-0.39, 0.29) is 12.5 Å². The van der Waals surface area contributed by atoms with Crippen LogP contribution < -0.4 is 0 Å². The van der Waals surface area contributed by atoms with Crippen molar-refractivity contribution in [3.8, 4) is 0 Å². The number of para-hydroxylation sites is 1. The predicted molar refractivity (Wildman–Crippen MR) is 98.9 cm³/mol. The summed E-state index contributed by atoms with van der Waals surface area (Å²) in [6.07, 6.45) is 2.81. The van der Waals surface area contributed by atoms with Crippen LogP contribution in [-0.2, 0) is 11.3 Å². The van der Waals surface area contributed by atoms with Gasteiger partial charge >= 0.3 is 6.09 Å². The standard InChI is InChI=1S/C21H20N2O3/c24-20(22-14-12-17-9-4-5-10-18(17)22)19-11-6-13-23(19)21(25)26-15-16-7-2-1-3-8-16/h1-5,7-10,12,14,19H,6,11,13,15H2/t19-/m1/s1. The largest absolute Gasteiger partial charge is 0.445 e. The fraction of sp³-hybridized carbons (Fsp3) is 0.238. The number of benzene rings is 2. The Labute approximate surface area is 151 Å². The molecule has 1 aromatic heterocycles. The zero-order valence-corrected chi connectivity index (χ0v) is 14.4. The van der Waals surface area contributed by atoms with Gasteiger partial charge in [0.05, 0.1) is 5.52 Å². The Bertz CT molecular complexity index is 933. The van der Waals surface area contributed by atoms with Crippen molar-refractivity contribution >= 4 is 22.9 Å². The van der Waals surface area contributed by atoms with Crippen LogP contribution >= 0.6 is 0 Å². The van der Waals surface area contributed by atoms with Crippen molar-refractivity contribution in [3.63, 3.8) is 0 Å². The Morgan fingerprint density at radius 2 is 1.77 bits per heavy atom. The summed E-state index contributed by atoms with van der Waals surface area (Å²) < 4.78 is 7.06. The molecule has 1 amide bonds. The number of rotatable bonds is 3. The molecule has 0 aliphatic carbocycles. The number of carbonyl (C=O) groups excluding carboxylic acids is 2. The first-order chi connectivity index (χ1) is 12.7. The first-order valence-corrected chi connectivity index (χ1v) is 8.82. The van der Waals surface area contributed by atoms with Crippen LogP contribution in [0.25, 0.3) is 10.9 Å². The maximum Gasteiger partial charge on any atom is 0.410 e. The second-order valence-corrected chi connectivity index (χ2v) is 6.47. The summed E-state index contributed by atoms with van der Waals surface area (Å²) in [5.74, 6) is -0.0830. The fourth-order valence-corrected chi connectivity index (χ4v) is 3.48. The normalized spacial score (nSPS) is 16.8. The van der Waals surface area contributed by atoms with Crippen molar-refractivity contribution < 1.29 is 14.3 Å². The summed E-state index contributed by atoms with van der Waals surface area (Å²) in [5.41, 5.74) is 1.79. The second kappa shape index (κ2) is 7.04. The molecule has 1 atom stereocenters. The van der Waals surface area contributed by atoms with E-state index in [1.54, 1.807) is 15.7 Å². The molecule has 1 saturated heterocycles. The van der Waals surface area contributed by atoms with E-state index < -0.39 is 12.1 Å². The monoisotopic (exact) mass is 348 g/mol. The molecule has 3 aromatic rings. The number of fused-ring (bicyclic) bond motifs is 1. The van der Waals surface area contributed by atoms with Crippen molar-refractivity contribution in [2.75, 3.05) is 6.54 Å². The van der Waals surface area contributed by atoms with Gasteiger partial charge in [-0.25, -0.2) is 4.79 Å². The van der Waals surface area contributed by atoms with E-state index in [0.717, 1.165) is 22.9 Å². The molecule has 0 saturated carbocycles. The third kappa shape index (κ3) is 3.08. The number of nitrogens with zero attached hydrogens (tertiary/aromatic N) is 2. The summed E-state index contributed by atoms with van der Waals surface area (Å²) in [7, 11) is 0. The highest BCUT2D eigenvalue weighted by Crippen LogP contribution is 2.23. The number of carbonyl (C=O) groups is 2. The molecule has 2 heterocycles. The Balaban J connectivity index is 1.49. The maximum absolute atomic E-state index is 13.0. The molecule has 132 valence electrons. The summed E-state index contributed by atoms with van der Waals surface area (Å²) in [6.45, 7) is 0.757. The molecule has 4 rings (SSSR count). The number of likely N-dealkylation sites (tertiary alicyclic amines) is 1. The van der Waals surface area contributed by atoms with Gasteiger partial charge in [0.15, 0.2) is 0 Å².